The van der Waals surface area contributed by atoms with Crippen LogP contribution in [-0.4, -0.2) is 78.9 Å². The first-order chi connectivity index (χ1) is 22.7. The van der Waals surface area contributed by atoms with Crippen LogP contribution in [0, 0.1) is 11.2 Å². The Morgan fingerprint density at radius 3 is 2.49 bits per heavy atom. The summed E-state index contributed by atoms with van der Waals surface area (Å²) in [4.78, 5) is 40.8. The molecule has 2 amide bonds. The summed E-state index contributed by atoms with van der Waals surface area (Å²) in [5, 5.41) is 7.22. The van der Waals surface area contributed by atoms with Gasteiger partial charge in [-0.05, 0) is 86.3 Å². The van der Waals surface area contributed by atoms with E-state index in [0.29, 0.717) is 49.0 Å². The lowest BCUT2D eigenvalue weighted by molar-refractivity contribution is 0.0372. The molecule has 0 bridgehead atoms. The molecule has 1 saturated heterocycles. The maximum Gasteiger partial charge on any atom is 0.407 e. The molecule has 3 aliphatic rings. The van der Waals surface area contributed by atoms with E-state index in [1.54, 1.807) is 16.7 Å². The van der Waals surface area contributed by atoms with Gasteiger partial charge in [0.15, 0.2) is 0 Å². The van der Waals surface area contributed by atoms with E-state index >= 15 is 0 Å². The zero-order valence-corrected chi connectivity index (χ0v) is 27.4. The van der Waals surface area contributed by atoms with Gasteiger partial charge in [-0.1, -0.05) is 19.9 Å². The number of aromatic nitrogens is 1. The fraction of sp³-hybridized carbons (Fsp3) is 0.528. The number of morpholine rings is 1. The number of nitrogens with zero attached hydrogens (tertiary/aromatic N) is 2. The molecule has 4 N–H and O–H groups in total. The standard InChI is InChI=1S/C36H46FN5O5/c1-3-36(4-2)21-31-33(28-12-6-24(37)20-30(28)42(31)32(43)22-36)23-5-11-27(34(38)44)29(19-23)40-25-7-9-26(10-8-25)47-35(45)39-13-14-41-15-17-46-18-16-41/h5-6,11-12,19-20,25-26,40H,3-4,7-10,13-18,21-22H2,1-2H3,(H2,38,44)(H,39,45). The van der Waals surface area contributed by atoms with Crippen molar-refractivity contribution < 1.29 is 28.2 Å². The fourth-order valence-corrected chi connectivity index (χ4v) is 7.57. The number of amides is 2. The molecular weight excluding hydrogens is 601 g/mol. The average Bonchev–Trinajstić information content (AvgIpc) is 3.39. The van der Waals surface area contributed by atoms with Gasteiger partial charge in [-0.25, -0.2) is 9.18 Å². The molecule has 6 rings (SSSR count). The van der Waals surface area contributed by atoms with Crippen molar-refractivity contribution in [1.82, 2.24) is 14.8 Å². The van der Waals surface area contributed by atoms with Crippen LogP contribution in [0.3, 0.4) is 0 Å². The van der Waals surface area contributed by atoms with Crippen molar-refractivity contribution >= 4 is 34.5 Å². The lowest BCUT2D eigenvalue weighted by Gasteiger charge is -2.36. The van der Waals surface area contributed by atoms with Crippen molar-refractivity contribution in [3.8, 4) is 11.1 Å². The summed E-state index contributed by atoms with van der Waals surface area (Å²) in [6.07, 6.45) is 5.17. The van der Waals surface area contributed by atoms with Crippen molar-refractivity contribution in [2.75, 3.05) is 44.7 Å². The average molecular weight is 648 g/mol. The number of carbonyl (C=O) groups is 3. The molecule has 11 heteroatoms. The van der Waals surface area contributed by atoms with Gasteiger partial charge in [0, 0.05) is 61.0 Å². The van der Waals surface area contributed by atoms with E-state index in [2.05, 4.69) is 29.4 Å². The molecule has 10 nitrogen and oxygen atoms in total. The van der Waals surface area contributed by atoms with Gasteiger partial charge in [-0.15, -0.1) is 0 Å². The van der Waals surface area contributed by atoms with Crippen LogP contribution in [-0.2, 0) is 15.9 Å². The molecule has 0 radical (unpaired) electrons. The van der Waals surface area contributed by atoms with Gasteiger partial charge < -0.3 is 25.8 Å². The van der Waals surface area contributed by atoms with Crippen molar-refractivity contribution in [3.05, 3.63) is 53.5 Å². The van der Waals surface area contributed by atoms with Gasteiger partial charge in [-0.3, -0.25) is 19.1 Å². The number of nitrogens with one attached hydrogen (secondary N) is 2. The summed E-state index contributed by atoms with van der Waals surface area (Å²) in [6.45, 7) is 8.73. The molecule has 0 unspecified atom stereocenters. The molecule has 1 aromatic heterocycles. The molecule has 1 saturated carbocycles. The second-order valence-electron chi connectivity index (χ2n) is 13.3. The van der Waals surface area contributed by atoms with Crippen LogP contribution in [0.25, 0.3) is 22.0 Å². The third-order valence-corrected chi connectivity index (χ3v) is 10.5. The number of halogens is 1. The van der Waals surface area contributed by atoms with E-state index in [9.17, 15) is 18.8 Å². The van der Waals surface area contributed by atoms with Gasteiger partial charge in [0.05, 0.1) is 24.3 Å². The maximum atomic E-state index is 14.5. The van der Waals surface area contributed by atoms with Crippen molar-refractivity contribution in [2.24, 2.45) is 11.1 Å². The van der Waals surface area contributed by atoms with Crippen molar-refractivity contribution in [2.45, 2.75) is 77.4 Å². The van der Waals surface area contributed by atoms with E-state index < -0.39 is 17.8 Å². The Bertz CT molecular complexity index is 1640. The number of rotatable bonds is 10. The van der Waals surface area contributed by atoms with Crippen LogP contribution in [0.5, 0.6) is 0 Å². The summed E-state index contributed by atoms with van der Waals surface area (Å²) in [6, 6.07) is 10.2. The number of carbonyl (C=O) groups excluding carboxylic acids is 3. The summed E-state index contributed by atoms with van der Waals surface area (Å²) >= 11 is 0. The van der Waals surface area contributed by atoms with E-state index in [0.717, 1.165) is 80.7 Å². The fourth-order valence-electron chi connectivity index (χ4n) is 7.57. The predicted octanol–water partition coefficient (Wildman–Crippen LogP) is 5.72. The second-order valence-corrected chi connectivity index (χ2v) is 13.3. The summed E-state index contributed by atoms with van der Waals surface area (Å²) < 4.78 is 27.3. The number of benzene rings is 2. The minimum absolute atomic E-state index is 0.0198. The highest BCUT2D eigenvalue weighted by molar-refractivity contribution is 6.06. The topological polar surface area (TPSA) is 128 Å². The number of hydrogen-bond acceptors (Lipinski definition) is 7. The summed E-state index contributed by atoms with van der Waals surface area (Å²) in [5.41, 5.74) is 9.82. The van der Waals surface area contributed by atoms with Crippen molar-refractivity contribution in [3.63, 3.8) is 0 Å². The van der Waals surface area contributed by atoms with Crippen LogP contribution in [0.15, 0.2) is 36.4 Å². The number of ether oxygens (including phenoxy) is 2. The minimum atomic E-state index is -0.540. The predicted molar refractivity (Wildman–Crippen MR) is 179 cm³/mol. The van der Waals surface area contributed by atoms with E-state index in [1.807, 2.05) is 12.1 Å². The summed E-state index contributed by atoms with van der Waals surface area (Å²) in [5.74, 6) is -0.952. The van der Waals surface area contributed by atoms with Crippen LogP contribution in [0.4, 0.5) is 14.9 Å². The SMILES string of the molecule is CCC1(CC)CC(=O)n2c(c(-c3ccc(C(N)=O)c(NC4CCC(OC(=O)NCCN5CCOCC5)CC4)c3)c3ccc(F)cc32)C1. The molecule has 0 spiro atoms. The molecule has 1 aliphatic carbocycles. The van der Waals surface area contributed by atoms with Gasteiger partial charge in [0.2, 0.25) is 5.91 Å². The zero-order valence-electron chi connectivity index (χ0n) is 27.4. The highest BCUT2D eigenvalue weighted by Crippen LogP contribution is 2.46. The minimum Gasteiger partial charge on any atom is -0.446 e. The van der Waals surface area contributed by atoms with Crippen LogP contribution < -0.4 is 16.4 Å². The highest BCUT2D eigenvalue weighted by atomic mass is 19.1. The van der Waals surface area contributed by atoms with E-state index in [4.69, 9.17) is 15.2 Å². The molecular formula is C36H46FN5O5. The van der Waals surface area contributed by atoms with E-state index in [1.165, 1.54) is 12.1 Å². The highest BCUT2D eigenvalue weighted by Gasteiger charge is 2.39. The molecule has 3 aromatic rings. The number of hydrogen-bond donors (Lipinski definition) is 3. The molecule has 0 atom stereocenters. The molecule has 2 aromatic carbocycles. The lowest BCUT2D eigenvalue weighted by atomic mass is 9.72. The van der Waals surface area contributed by atoms with Crippen LogP contribution in [0.1, 0.15) is 79.6 Å². The molecule has 2 aliphatic heterocycles. The Morgan fingerprint density at radius 2 is 1.79 bits per heavy atom. The zero-order chi connectivity index (χ0) is 33.1. The molecule has 47 heavy (non-hydrogen) atoms. The Hall–Kier alpha value is -3.96. The van der Waals surface area contributed by atoms with Gasteiger partial charge in [0.25, 0.3) is 5.91 Å². The summed E-state index contributed by atoms with van der Waals surface area (Å²) in [7, 11) is 0. The first kappa shape index (κ1) is 33.0. The lowest BCUT2D eigenvalue weighted by Crippen LogP contribution is -2.42. The van der Waals surface area contributed by atoms with E-state index in [-0.39, 0.29) is 23.5 Å². The number of alkyl carbamates (subject to hydrolysis) is 1. The van der Waals surface area contributed by atoms with Gasteiger partial charge in [-0.2, -0.15) is 0 Å². The normalized spacial score (nSPS) is 21.3. The number of anilines is 1. The monoisotopic (exact) mass is 647 g/mol. The molecule has 252 valence electrons. The number of nitrogens with two attached hydrogens (primary N) is 1. The number of primary amides is 1. The van der Waals surface area contributed by atoms with Gasteiger partial charge >= 0.3 is 6.09 Å². The van der Waals surface area contributed by atoms with Crippen LogP contribution in [0.2, 0.25) is 0 Å². The number of fused-ring (bicyclic) bond motifs is 3. The second kappa shape index (κ2) is 14.0. The van der Waals surface area contributed by atoms with Crippen LogP contribution >= 0.6 is 0 Å². The van der Waals surface area contributed by atoms with Gasteiger partial charge in [0.1, 0.15) is 11.9 Å². The Morgan fingerprint density at radius 1 is 1.04 bits per heavy atom. The Labute approximate surface area is 275 Å². The Kier molecular flexibility index (Phi) is 9.84. The molecule has 2 fully saturated rings. The first-order valence-corrected chi connectivity index (χ1v) is 17.0. The third-order valence-electron chi connectivity index (χ3n) is 10.5. The van der Waals surface area contributed by atoms with Crippen molar-refractivity contribution in [1.29, 1.82) is 0 Å². The maximum absolute atomic E-state index is 14.5. The third kappa shape index (κ3) is 7.01. The largest absolute Gasteiger partial charge is 0.446 e. The quantitative estimate of drug-likeness (QED) is 0.257. The first-order valence-electron chi connectivity index (χ1n) is 17.0. The smallest absolute Gasteiger partial charge is 0.407 e. The molecule has 3 heterocycles. The Balaban J connectivity index is 1.18.